The maximum absolute atomic E-state index is 12.4. The number of anilines is 1. The minimum Gasteiger partial charge on any atom is -0.406 e. The maximum Gasteiger partial charge on any atom is 0.573 e. The van der Waals surface area contributed by atoms with Crippen LogP contribution < -0.4 is 15.2 Å². The molecular formula is C23H19F3N4O3. The van der Waals surface area contributed by atoms with Gasteiger partial charge >= 0.3 is 6.36 Å². The molecule has 0 aliphatic rings. The average Bonchev–Trinajstić information content (AvgIpc) is 3.25. The molecule has 4 aromatic rings. The Labute approximate surface area is 186 Å². The summed E-state index contributed by atoms with van der Waals surface area (Å²) < 4.78 is 47.7. The van der Waals surface area contributed by atoms with Crippen molar-refractivity contribution in [3.8, 4) is 28.6 Å². The Kier molecular flexibility index (Phi) is 5.91. The van der Waals surface area contributed by atoms with Gasteiger partial charge in [-0.15, -0.1) is 13.2 Å². The lowest BCUT2D eigenvalue weighted by atomic mass is 10.2. The van der Waals surface area contributed by atoms with Crippen molar-refractivity contribution in [1.82, 2.24) is 14.7 Å². The zero-order valence-electron chi connectivity index (χ0n) is 17.7. The molecule has 0 saturated carbocycles. The standard InChI is InChI=1S/C23H19F3N4O3/c1-29(2)18-5-3-4-15(12-18)13-30-14-17(8-11-20(30)31)22-27-21(28-33-22)16-6-9-19(10-7-16)32-23(24,25)26/h3-12,14H,13H2,1-2H3. The number of aromatic nitrogens is 3. The van der Waals surface area contributed by atoms with Gasteiger partial charge in [-0.05, 0) is 48.0 Å². The Balaban J connectivity index is 1.56. The molecule has 0 N–H and O–H groups in total. The van der Waals surface area contributed by atoms with Gasteiger partial charge in [-0.2, -0.15) is 4.98 Å². The summed E-state index contributed by atoms with van der Waals surface area (Å²) in [6.45, 7) is 0.357. The fraction of sp³-hybridized carbons (Fsp3) is 0.174. The van der Waals surface area contributed by atoms with Crippen LogP contribution in [0.2, 0.25) is 0 Å². The quantitative estimate of drug-likeness (QED) is 0.423. The van der Waals surface area contributed by atoms with Gasteiger partial charge in [0.05, 0.1) is 12.1 Å². The normalized spacial score (nSPS) is 11.4. The summed E-state index contributed by atoms with van der Waals surface area (Å²) >= 11 is 0. The van der Waals surface area contributed by atoms with Crippen LogP contribution in [-0.2, 0) is 6.54 Å². The van der Waals surface area contributed by atoms with Crippen molar-refractivity contribution < 1.29 is 22.4 Å². The van der Waals surface area contributed by atoms with E-state index in [1.165, 1.54) is 34.9 Å². The highest BCUT2D eigenvalue weighted by atomic mass is 19.4. The Morgan fingerprint density at radius 1 is 1.03 bits per heavy atom. The molecule has 0 spiro atoms. The lowest BCUT2D eigenvalue weighted by molar-refractivity contribution is -0.274. The summed E-state index contributed by atoms with van der Waals surface area (Å²) in [6.07, 6.45) is -3.14. The van der Waals surface area contributed by atoms with E-state index in [4.69, 9.17) is 4.52 Å². The number of hydrogen-bond acceptors (Lipinski definition) is 6. The van der Waals surface area contributed by atoms with Crippen molar-refractivity contribution in [1.29, 1.82) is 0 Å². The molecule has 0 fully saturated rings. The van der Waals surface area contributed by atoms with Crippen molar-refractivity contribution in [3.63, 3.8) is 0 Å². The summed E-state index contributed by atoms with van der Waals surface area (Å²) in [6, 6.07) is 16.0. The van der Waals surface area contributed by atoms with Gasteiger partial charge in [-0.25, -0.2) is 0 Å². The SMILES string of the molecule is CN(C)c1cccc(Cn2cc(-c3nc(-c4ccc(OC(F)(F)F)cc4)no3)ccc2=O)c1. The molecule has 0 atom stereocenters. The van der Waals surface area contributed by atoms with E-state index in [2.05, 4.69) is 14.9 Å². The lowest BCUT2D eigenvalue weighted by Gasteiger charge is -2.14. The highest BCUT2D eigenvalue weighted by Gasteiger charge is 2.31. The molecule has 10 heteroatoms. The zero-order chi connectivity index (χ0) is 23.6. The Hall–Kier alpha value is -4.08. The fourth-order valence-electron chi connectivity index (χ4n) is 3.17. The third-order valence-corrected chi connectivity index (χ3v) is 4.78. The van der Waals surface area contributed by atoms with Crippen LogP contribution in [0.1, 0.15) is 5.56 Å². The highest BCUT2D eigenvalue weighted by molar-refractivity contribution is 5.60. The van der Waals surface area contributed by atoms with E-state index in [1.807, 2.05) is 43.3 Å². The van der Waals surface area contributed by atoms with Crippen LogP contribution in [0.5, 0.6) is 5.75 Å². The predicted molar refractivity (Wildman–Crippen MR) is 116 cm³/mol. The molecule has 4 rings (SSSR count). The smallest absolute Gasteiger partial charge is 0.406 e. The van der Waals surface area contributed by atoms with Crippen LogP contribution in [0, 0.1) is 0 Å². The zero-order valence-corrected chi connectivity index (χ0v) is 17.7. The van der Waals surface area contributed by atoms with E-state index >= 15 is 0 Å². The highest BCUT2D eigenvalue weighted by Crippen LogP contribution is 2.27. The second kappa shape index (κ2) is 8.81. The molecule has 0 saturated heterocycles. The summed E-state index contributed by atoms with van der Waals surface area (Å²) in [5.74, 6) is 0.0248. The minimum absolute atomic E-state index is 0.177. The van der Waals surface area contributed by atoms with E-state index in [0.717, 1.165) is 11.3 Å². The van der Waals surface area contributed by atoms with Crippen molar-refractivity contribution in [2.24, 2.45) is 0 Å². The average molecular weight is 456 g/mol. The molecule has 7 nitrogen and oxygen atoms in total. The first kappa shape index (κ1) is 22.1. The van der Waals surface area contributed by atoms with E-state index in [-0.39, 0.29) is 23.0 Å². The van der Waals surface area contributed by atoms with Gasteiger partial charge < -0.3 is 18.7 Å². The lowest BCUT2D eigenvalue weighted by Crippen LogP contribution is -2.19. The van der Waals surface area contributed by atoms with Gasteiger partial charge in [-0.1, -0.05) is 17.3 Å². The van der Waals surface area contributed by atoms with Crippen LogP contribution in [0.4, 0.5) is 18.9 Å². The van der Waals surface area contributed by atoms with E-state index < -0.39 is 6.36 Å². The third-order valence-electron chi connectivity index (χ3n) is 4.78. The van der Waals surface area contributed by atoms with Gasteiger partial charge in [0.25, 0.3) is 11.4 Å². The second-order valence-corrected chi connectivity index (χ2v) is 7.44. The van der Waals surface area contributed by atoms with Crippen LogP contribution >= 0.6 is 0 Å². The van der Waals surface area contributed by atoms with E-state index in [9.17, 15) is 18.0 Å². The number of halogens is 3. The monoisotopic (exact) mass is 456 g/mol. The first-order valence-electron chi connectivity index (χ1n) is 9.85. The molecule has 2 aromatic heterocycles. The molecule has 170 valence electrons. The Bertz CT molecular complexity index is 1310. The van der Waals surface area contributed by atoms with Crippen molar-refractivity contribution in [2.45, 2.75) is 12.9 Å². The van der Waals surface area contributed by atoms with Crippen molar-refractivity contribution in [2.75, 3.05) is 19.0 Å². The number of ether oxygens (including phenoxy) is 1. The van der Waals surface area contributed by atoms with Crippen LogP contribution in [-0.4, -0.2) is 35.2 Å². The maximum atomic E-state index is 12.4. The predicted octanol–water partition coefficient (Wildman–Crippen LogP) is 4.58. The van der Waals surface area contributed by atoms with Crippen LogP contribution in [0.25, 0.3) is 22.8 Å². The summed E-state index contributed by atoms with van der Waals surface area (Å²) in [7, 11) is 3.88. The topological polar surface area (TPSA) is 73.4 Å². The van der Waals surface area contributed by atoms with Crippen LogP contribution in [0.3, 0.4) is 0 Å². The van der Waals surface area contributed by atoms with Gasteiger partial charge in [0, 0.05) is 37.6 Å². The molecule has 0 bridgehead atoms. The molecule has 0 aliphatic heterocycles. The first-order valence-corrected chi connectivity index (χ1v) is 9.85. The third kappa shape index (κ3) is 5.40. The van der Waals surface area contributed by atoms with Crippen LogP contribution in [0.15, 0.2) is 76.2 Å². The Morgan fingerprint density at radius 3 is 2.45 bits per heavy atom. The summed E-state index contributed by atoms with van der Waals surface area (Å²) in [5.41, 5.74) is 2.77. The summed E-state index contributed by atoms with van der Waals surface area (Å²) in [5, 5.41) is 3.89. The molecule has 0 aliphatic carbocycles. The number of hydrogen-bond donors (Lipinski definition) is 0. The van der Waals surface area contributed by atoms with Crippen molar-refractivity contribution >= 4 is 5.69 Å². The van der Waals surface area contributed by atoms with E-state index in [0.29, 0.717) is 17.7 Å². The first-order chi connectivity index (χ1) is 15.7. The minimum atomic E-state index is -4.77. The number of alkyl halides is 3. The fourth-order valence-corrected chi connectivity index (χ4v) is 3.17. The molecule has 33 heavy (non-hydrogen) atoms. The second-order valence-electron chi connectivity index (χ2n) is 7.44. The number of benzene rings is 2. The Morgan fingerprint density at radius 2 is 1.76 bits per heavy atom. The molecule has 0 unspecified atom stereocenters. The largest absolute Gasteiger partial charge is 0.573 e. The number of pyridine rings is 1. The molecular weight excluding hydrogens is 437 g/mol. The number of rotatable bonds is 6. The molecule has 2 heterocycles. The number of nitrogens with zero attached hydrogens (tertiary/aromatic N) is 4. The van der Waals surface area contributed by atoms with Gasteiger partial charge in [0.1, 0.15) is 5.75 Å². The van der Waals surface area contributed by atoms with E-state index in [1.54, 1.807) is 12.3 Å². The molecule has 0 amide bonds. The van der Waals surface area contributed by atoms with Crippen molar-refractivity contribution in [3.05, 3.63) is 82.8 Å². The molecule has 2 aromatic carbocycles. The van der Waals surface area contributed by atoms with Gasteiger partial charge in [0.15, 0.2) is 0 Å². The molecule has 0 radical (unpaired) electrons. The van der Waals surface area contributed by atoms with Gasteiger partial charge in [0.2, 0.25) is 5.82 Å². The summed E-state index contributed by atoms with van der Waals surface area (Å²) in [4.78, 5) is 18.7. The van der Waals surface area contributed by atoms with Gasteiger partial charge in [-0.3, -0.25) is 4.79 Å².